The number of rotatable bonds is 4. The molecule has 0 saturated carbocycles. The average Bonchev–Trinajstić information content (AvgIpc) is 3.54. The number of anilines is 1. The number of nitrogens with one attached hydrogen (secondary N) is 1. The fourth-order valence-electron chi connectivity index (χ4n) is 3.35. The molecule has 0 saturated heterocycles. The van der Waals surface area contributed by atoms with Crippen molar-refractivity contribution >= 4 is 35.6 Å². The van der Waals surface area contributed by atoms with E-state index in [1.54, 1.807) is 41.1 Å². The number of benzene rings is 1. The van der Waals surface area contributed by atoms with Gasteiger partial charge in [0.15, 0.2) is 0 Å². The zero-order valence-electron chi connectivity index (χ0n) is 17.8. The number of alkyl halides is 2. The third-order valence-corrected chi connectivity index (χ3v) is 4.99. The number of nitrogens with zero attached hydrogens (tertiary/aromatic N) is 5. The molecule has 1 aliphatic heterocycles. The first-order valence-corrected chi connectivity index (χ1v) is 10.8. The van der Waals surface area contributed by atoms with Crippen molar-refractivity contribution in [2.45, 2.75) is 19.3 Å². The van der Waals surface area contributed by atoms with Crippen molar-refractivity contribution in [3.05, 3.63) is 65.9 Å². The van der Waals surface area contributed by atoms with Crippen LogP contribution < -0.4 is 5.32 Å². The fraction of sp³-hybridized carbons (Fsp3) is 0.227. The van der Waals surface area contributed by atoms with Gasteiger partial charge >= 0.3 is 0 Å². The van der Waals surface area contributed by atoms with Gasteiger partial charge in [-0.3, -0.25) is 14.2 Å². The van der Waals surface area contributed by atoms with Crippen LogP contribution in [0.3, 0.4) is 0 Å². The maximum Gasteiger partial charge on any atom is 0.274 e. The van der Waals surface area contributed by atoms with Gasteiger partial charge in [0.2, 0.25) is 5.82 Å². The molecule has 4 heterocycles. The van der Waals surface area contributed by atoms with Crippen LogP contribution in [0, 0.1) is 6.92 Å². The van der Waals surface area contributed by atoms with Crippen molar-refractivity contribution in [3.63, 3.8) is 0 Å². The molecule has 1 aromatic carbocycles. The quantitative estimate of drug-likeness (QED) is 0.433. The highest BCUT2D eigenvalue weighted by Crippen LogP contribution is 2.29. The standard InChI is InChI=1S/C21H16F2N6O2.CH4S/c1-12-5-6-13(18-27-20(31-28-18)15-9-21(22,23)11-25-15)8-14(12)26-19(30)16-10-24-17-4-2-3-7-29(16)17;1-2/h2-8,10H,9,11H2,1H3,(H,26,30);2H,1H3. The molecule has 3 aromatic heterocycles. The number of fused-ring (bicyclic) bond motifs is 1. The Morgan fingerprint density at radius 3 is 2.82 bits per heavy atom. The van der Waals surface area contributed by atoms with E-state index < -0.39 is 18.9 Å². The lowest BCUT2D eigenvalue weighted by atomic mass is 10.1. The Kier molecular flexibility index (Phi) is 6.23. The summed E-state index contributed by atoms with van der Waals surface area (Å²) in [5, 5.41) is 6.76. The number of aryl methyl sites for hydroxylation is 1. The van der Waals surface area contributed by atoms with Crippen molar-refractivity contribution in [1.29, 1.82) is 0 Å². The lowest BCUT2D eigenvalue weighted by molar-refractivity contribution is 0.0276. The summed E-state index contributed by atoms with van der Waals surface area (Å²) in [4.78, 5) is 25.0. The van der Waals surface area contributed by atoms with Gasteiger partial charge in [0.1, 0.15) is 23.6 Å². The molecular formula is C22H20F2N6O2S. The summed E-state index contributed by atoms with van der Waals surface area (Å²) in [5.41, 5.74) is 3.11. The molecule has 1 aliphatic rings. The predicted molar refractivity (Wildman–Crippen MR) is 123 cm³/mol. The third-order valence-electron chi connectivity index (χ3n) is 4.99. The molecule has 0 unspecified atom stereocenters. The molecule has 4 aromatic rings. The van der Waals surface area contributed by atoms with Crippen LogP contribution in [0.1, 0.15) is 28.4 Å². The molecular weight excluding hydrogens is 450 g/mol. The first-order chi connectivity index (χ1) is 15.9. The topological polar surface area (TPSA) is 97.7 Å². The van der Waals surface area contributed by atoms with Crippen LogP contribution in [0.2, 0.25) is 0 Å². The van der Waals surface area contributed by atoms with Crippen molar-refractivity contribution in [1.82, 2.24) is 19.5 Å². The predicted octanol–water partition coefficient (Wildman–Crippen LogP) is 4.32. The first-order valence-electron chi connectivity index (χ1n) is 9.94. The van der Waals surface area contributed by atoms with Gasteiger partial charge in [-0.2, -0.15) is 17.6 Å². The van der Waals surface area contributed by atoms with Crippen LogP contribution in [0.15, 0.2) is 58.3 Å². The van der Waals surface area contributed by atoms with Gasteiger partial charge in [-0.15, -0.1) is 0 Å². The van der Waals surface area contributed by atoms with E-state index in [1.165, 1.54) is 6.20 Å². The summed E-state index contributed by atoms with van der Waals surface area (Å²) in [6.07, 6.45) is 4.44. The summed E-state index contributed by atoms with van der Waals surface area (Å²) >= 11 is 3.53. The monoisotopic (exact) mass is 470 g/mol. The van der Waals surface area contributed by atoms with E-state index in [4.69, 9.17) is 4.52 Å². The molecule has 0 spiro atoms. The Morgan fingerprint density at radius 2 is 2.06 bits per heavy atom. The molecule has 0 bridgehead atoms. The van der Waals surface area contributed by atoms with Gasteiger partial charge < -0.3 is 9.84 Å². The first kappa shape index (κ1) is 22.6. The minimum absolute atomic E-state index is 0.0240. The maximum absolute atomic E-state index is 13.4. The van der Waals surface area contributed by atoms with E-state index in [1.807, 2.05) is 19.1 Å². The second kappa shape index (κ2) is 9.10. The highest BCUT2D eigenvalue weighted by molar-refractivity contribution is 7.79. The molecule has 0 fully saturated rings. The summed E-state index contributed by atoms with van der Waals surface area (Å²) in [7, 11) is 0. The molecule has 0 radical (unpaired) electrons. The maximum atomic E-state index is 13.4. The smallest absolute Gasteiger partial charge is 0.274 e. The van der Waals surface area contributed by atoms with E-state index >= 15 is 0 Å². The van der Waals surface area contributed by atoms with E-state index in [0.717, 1.165) is 5.56 Å². The molecule has 33 heavy (non-hydrogen) atoms. The van der Waals surface area contributed by atoms with Crippen LogP contribution in [0.4, 0.5) is 14.5 Å². The van der Waals surface area contributed by atoms with Gasteiger partial charge in [-0.1, -0.05) is 23.4 Å². The minimum Gasteiger partial charge on any atom is -0.332 e. The number of thiol groups is 1. The van der Waals surface area contributed by atoms with E-state index in [9.17, 15) is 13.6 Å². The number of imidazole rings is 1. The Morgan fingerprint density at radius 1 is 1.24 bits per heavy atom. The number of pyridine rings is 1. The zero-order chi connectivity index (χ0) is 23.6. The number of hydrogen-bond acceptors (Lipinski definition) is 7. The average molecular weight is 471 g/mol. The normalized spacial score (nSPS) is 14.5. The second-order valence-electron chi connectivity index (χ2n) is 7.27. The van der Waals surface area contributed by atoms with Gasteiger partial charge in [-0.25, -0.2) is 13.8 Å². The minimum atomic E-state index is -2.89. The number of aromatic nitrogens is 4. The van der Waals surface area contributed by atoms with Crippen LogP contribution in [-0.4, -0.2) is 49.9 Å². The third kappa shape index (κ3) is 4.63. The largest absolute Gasteiger partial charge is 0.332 e. The number of hydrogen-bond donors (Lipinski definition) is 2. The molecule has 8 nitrogen and oxygen atoms in total. The second-order valence-corrected chi connectivity index (χ2v) is 7.27. The Hall–Kier alpha value is -3.60. The molecule has 1 amide bonds. The Bertz CT molecular complexity index is 1350. The van der Waals surface area contributed by atoms with Crippen LogP contribution in [0.5, 0.6) is 0 Å². The van der Waals surface area contributed by atoms with Gasteiger partial charge in [0.25, 0.3) is 17.7 Å². The summed E-state index contributed by atoms with van der Waals surface area (Å²) < 4.78 is 33.6. The summed E-state index contributed by atoms with van der Waals surface area (Å²) in [6.45, 7) is 1.27. The van der Waals surface area contributed by atoms with Crippen molar-refractivity contribution in [2.24, 2.45) is 4.99 Å². The highest BCUT2D eigenvalue weighted by Gasteiger charge is 2.38. The van der Waals surface area contributed by atoms with Crippen molar-refractivity contribution in [3.8, 4) is 11.4 Å². The van der Waals surface area contributed by atoms with Gasteiger partial charge in [0.05, 0.1) is 12.6 Å². The molecule has 11 heteroatoms. The number of carbonyl (C=O) groups is 1. The SMILES string of the molecule is CS.Cc1ccc(-c2noc(C3=NCC(F)(F)C3)n2)cc1NC(=O)c1cnc2ccccn12. The molecule has 5 rings (SSSR count). The number of halogens is 2. The lowest BCUT2D eigenvalue weighted by Crippen LogP contribution is -2.16. The Balaban J connectivity index is 0.00000126. The van der Waals surface area contributed by atoms with E-state index in [0.29, 0.717) is 22.6 Å². The van der Waals surface area contributed by atoms with Gasteiger partial charge in [-0.05, 0) is 36.9 Å². The summed E-state index contributed by atoms with van der Waals surface area (Å²) in [5.74, 6) is -3.01. The molecule has 0 aliphatic carbocycles. The fourth-order valence-corrected chi connectivity index (χ4v) is 3.35. The Labute approximate surface area is 193 Å². The zero-order valence-corrected chi connectivity index (χ0v) is 18.7. The number of amides is 1. The van der Waals surface area contributed by atoms with Crippen molar-refractivity contribution in [2.75, 3.05) is 18.1 Å². The van der Waals surface area contributed by atoms with Crippen molar-refractivity contribution < 1.29 is 18.1 Å². The number of carbonyl (C=O) groups excluding carboxylic acids is 1. The van der Waals surface area contributed by atoms with E-state index in [-0.39, 0.29) is 23.3 Å². The number of aliphatic imine (C=N–C) groups is 1. The highest BCUT2D eigenvalue weighted by atomic mass is 32.1. The molecule has 0 atom stereocenters. The lowest BCUT2D eigenvalue weighted by Gasteiger charge is -2.09. The van der Waals surface area contributed by atoms with Gasteiger partial charge in [0, 0.05) is 17.4 Å². The van der Waals surface area contributed by atoms with Crippen LogP contribution in [-0.2, 0) is 0 Å². The van der Waals surface area contributed by atoms with E-state index in [2.05, 4.69) is 38.1 Å². The van der Waals surface area contributed by atoms with Crippen LogP contribution >= 0.6 is 12.6 Å². The molecule has 170 valence electrons. The summed E-state index contributed by atoms with van der Waals surface area (Å²) in [6, 6.07) is 10.7. The van der Waals surface area contributed by atoms with Crippen LogP contribution in [0.25, 0.3) is 17.0 Å². The molecule has 1 N–H and O–H groups in total.